The summed E-state index contributed by atoms with van der Waals surface area (Å²) >= 11 is 0. The van der Waals surface area contributed by atoms with E-state index in [-0.39, 0.29) is 5.60 Å². The van der Waals surface area contributed by atoms with E-state index in [2.05, 4.69) is 14.9 Å². The molecule has 1 aromatic carbocycles. The molecule has 0 bridgehead atoms. The van der Waals surface area contributed by atoms with Crippen molar-refractivity contribution in [3.05, 3.63) is 23.8 Å². The van der Waals surface area contributed by atoms with Crippen LogP contribution >= 0.6 is 0 Å². The van der Waals surface area contributed by atoms with Gasteiger partial charge in [-0.3, -0.25) is 5.43 Å². The first-order chi connectivity index (χ1) is 9.88. The van der Waals surface area contributed by atoms with Crippen molar-refractivity contribution in [3.63, 3.8) is 0 Å². The maximum Gasteiger partial charge on any atom is 0.438 e. The molecule has 1 aromatic rings. The van der Waals surface area contributed by atoms with Crippen LogP contribution < -0.4 is 10.2 Å². The number of nitrogens with zero attached hydrogens (tertiary/aromatic N) is 1. The number of anilines is 1. The van der Waals surface area contributed by atoms with E-state index >= 15 is 0 Å². The molecule has 0 spiro atoms. The van der Waals surface area contributed by atoms with E-state index in [9.17, 15) is 9.59 Å². The van der Waals surface area contributed by atoms with Crippen LogP contribution in [0.3, 0.4) is 0 Å². The van der Waals surface area contributed by atoms with Gasteiger partial charge in [0.15, 0.2) is 0 Å². The smallest absolute Gasteiger partial charge is 0.438 e. The molecule has 21 heavy (non-hydrogen) atoms. The number of imide groups is 1. The Morgan fingerprint density at radius 2 is 1.86 bits per heavy atom. The van der Waals surface area contributed by atoms with Crippen LogP contribution in [0.2, 0.25) is 0 Å². The predicted molar refractivity (Wildman–Crippen MR) is 75.1 cm³/mol. The number of nitrogens with one attached hydrogen (secondary N) is 1. The standard InChI is InChI=1S/C14H18N2O5/c1-14(2)8-9-6-5-7-10(11(9)21-14)15-16(12(17)19-3)13(18)20-4/h5-7,15H,8H2,1-4H3. The number of ether oxygens (including phenoxy) is 3. The average molecular weight is 294 g/mol. The van der Waals surface area contributed by atoms with E-state index in [0.29, 0.717) is 16.4 Å². The van der Waals surface area contributed by atoms with Crippen molar-refractivity contribution < 1.29 is 23.8 Å². The number of amides is 2. The molecule has 0 aliphatic carbocycles. The monoisotopic (exact) mass is 294 g/mol. The summed E-state index contributed by atoms with van der Waals surface area (Å²) in [6, 6.07) is 5.47. The molecule has 0 atom stereocenters. The summed E-state index contributed by atoms with van der Waals surface area (Å²) in [5.74, 6) is 0.611. The minimum absolute atomic E-state index is 0.332. The highest BCUT2D eigenvalue weighted by atomic mass is 16.6. The van der Waals surface area contributed by atoms with Crippen molar-refractivity contribution in [3.8, 4) is 5.75 Å². The minimum atomic E-state index is -0.878. The molecule has 1 aliphatic heterocycles. The summed E-state index contributed by atoms with van der Waals surface area (Å²) in [5.41, 5.74) is 3.84. The molecule has 1 heterocycles. The molecule has 0 radical (unpaired) electrons. The zero-order valence-corrected chi connectivity index (χ0v) is 12.4. The van der Waals surface area contributed by atoms with E-state index in [1.807, 2.05) is 26.0 Å². The van der Waals surface area contributed by atoms with Gasteiger partial charge in [-0.1, -0.05) is 12.1 Å². The third kappa shape index (κ3) is 3.01. The second-order valence-corrected chi connectivity index (χ2v) is 5.22. The molecule has 0 aromatic heterocycles. The fourth-order valence-corrected chi connectivity index (χ4v) is 2.17. The van der Waals surface area contributed by atoms with Crippen molar-refractivity contribution in [2.75, 3.05) is 19.6 Å². The fraction of sp³-hybridized carbons (Fsp3) is 0.429. The summed E-state index contributed by atoms with van der Waals surface area (Å²) in [6.07, 6.45) is -1.01. The lowest BCUT2D eigenvalue weighted by Gasteiger charge is -2.22. The number of benzene rings is 1. The maximum atomic E-state index is 11.6. The first kappa shape index (κ1) is 15.0. The van der Waals surface area contributed by atoms with Gasteiger partial charge >= 0.3 is 12.2 Å². The highest BCUT2D eigenvalue weighted by Gasteiger charge is 2.33. The van der Waals surface area contributed by atoms with Gasteiger partial charge in [0, 0.05) is 12.0 Å². The first-order valence-corrected chi connectivity index (χ1v) is 6.41. The van der Waals surface area contributed by atoms with Gasteiger partial charge in [-0.05, 0) is 19.9 Å². The van der Waals surface area contributed by atoms with Crippen LogP contribution in [0.25, 0.3) is 0 Å². The fourth-order valence-electron chi connectivity index (χ4n) is 2.17. The Kier molecular flexibility index (Phi) is 3.93. The zero-order valence-electron chi connectivity index (χ0n) is 12.4. The molecule has 0 saturated heterocycles. The summed E-state index contributed by atoms with van der Waals surface area (Å²) < 4.78 is 15.0. The van der Waals surface area contributed by atoms with Crippen LogP contribution in [0.1, 0.15) is 19.4 Å². The molecular formula is C14H18N2O5. The lowest BCUT2D eigenvalue weighted by Crippen LogP contribution is -2.41. The highest BCUT2D eigenvalue weighted by Crippen LogP contribution is 2.40. The number of fused-ring (bicyclic) bond motifs is 1. The molecule has 1 aliphatic rings. The van der Waals surface area contributed by atoms with Crippen LogP contribution in [0.4, 0.5) is 15.3 Å². The Morgan fingerprint density at radius 3 is 2.43 bits per heavy atom. The molecule has 0 unspecified atom stereocenters. The number of hydrogen-bond acceptors (Lipinski definition) is 6. The van der Waals surface area contributed by atoms with Gasteiger partial charge in [-0.2, -0.15) is 0 Å². The summed E-state index contributed by atoms with van der Waals surface area (Å²) in [5, 5.41) is 0.643. The van der Waals surface area contributed by atoms with Gasteiger partial charge in [-0.25, -0.2) is 9.59 Å². The maximum absolute atomic E-state index is 11.6. The van der Waals surface area contributed by atoms with Crippen molar-refractivity contribution >= 4 is 17.9 Å². The molecule has 1 N–H and O–H groups in total. The van der Waals surface area contributed by atoms with E-state index in [1.54, 1.807) is 6.07 Å². The van der Waals surface area contributed by atoms with Crippen molar-refractivity contribution in [1.29, 1.82) is 0 Å². The lowest BCUT2D eigenvalue weighted by molar-refractivity contribution is 0.106. The summed E-state index contributed by atoms with van der Waals surface area (Å²) in [6.45, 7) is 3.93. The zero-order chi connectivity index (χ0) is 15.6. The van der Waals surface area contributed by atoms with Crippen LogP contribution in [0, 0.1) is 0 Å². The van der Waals surface area contributed by atoms with Crippen molar-refractivity contribution in [2.24, 2.45) is 0 Å². The minimum Gasteiger partial charge on any atom is -0.485 e. The van der Waals surface area contributed by atoms with Crippen molar-refractivity contribution in [2.45, 2.75) is 25.9 Å². The number of rotatable bonds is 2. The third-order valence-electron chi connectivity index (χ3n) is 3.04. The van der Waals surface area contributed by atoms with Gasteiger partial charge in [0.2, 0.25) is 0 Å². The predicted octanol–water partition coefficient (Wildman–Crippen LogP) is 2.56. The van der Waals surface area contributed by atoms with Gasteiger partial charge in [-0.15, -0.1) is 5.01 Å². The normalized spacial score (nSPS) is 14.7. The van der Waals surface area contributed by atoms with Gasteiger partial charge in [0.25, 0.3) is 0 Å². The Morgan fingerprint density at radius 1 is 1.24 bits per heavy atom. The Bertz CT molecular complexity index is 554. The SMILES string of the molecule is COC(=O)N(Nc1cccc2c1OC(C)(C)C2)C(=O)OC. The molecule has 114 valence electrons. The van der Waals surface area contributed by atoms with Crippen LogP contribution in [0.5, 0.6) is 5.75 Å². The average Bonchev–Trinajstić information content (AvgIpc) is 2.77. The number of carbonyl (C=O) groups is 2. The molecule has 2 rings (SSSR count). The largest absolute Gasteiger partial charge is 0.485 e. The molecule has 2 amide bonds. The van der Waals surface area contributed by atoms with Crippen molar-refractivity contribution in [1.82, 2.24) is 5.01 Å². The number of hydrogen-bond donors (Lipinski definition) is 1. The molecule has 0 fully saturated rings. The molecule has 7 heteroatoms. The highest BCUT2D eigenvalue weighted by molar-refractivity contribution is 5.89. The van der Waals surface area contributed by atoms with E-state index < -0.39 is 12.2 Å². The molecular weight excluding hydrogens is 276 g/mol. The Balaban J connectivity index is 2.29. The van der Waals surface area contributed by atoms with Gasteiger partial charge in [0.05, 0.1) is 19.9 Å². The first-order valence-electron chi connectivity index (χ1n) is 6.41. The second-order valence-electron chi connectivity index (χ2n) is 5.22. The van der Waals surface area contributed by atoms with E-state index in [0.717, 1.165) is 12.0 Å². The second kappa shape index (κ2) is 5.51. The van der Waals surface area contributed by atoms with Gasteiger partial charge in [0.1, 0.15) is 11.4 Å². The quantitative estimate of drug-likeness (QED) is 0.845. The molecule has 0 saturated carbocycles. The summed E-state index contributed by atoms with van der Waals surface area (Å²) in [4.78, 5) is 23.3. The number of carbonyl (C=O) groups excluding carboxylic acids is 2. The number of para-hydroxylation sites is 1. The van der Waals surface area contributed by atoms with E-state index in [1.165, 1.54) is 14.2 Å². The molecule has 7 nitrogen and oxygen atoms in total. The van der Waals surface area contributed by atoms with E-state index in [4.69, 9.17) is 4.74 Å². The van der Waals surface area contributed by atoms with Crippen LogP contribution in [-0.2, 0) is 15.9 Å². The lowest BCUT2D eigenvalue weighted by atomic mass is 10.0. The van der Waals surface area contributed by atoms with Gasteiger partial charge < -0.3 is 14.2 Å². The number of methoxy groups -OCH3 is 2. The van der Waals surface area contributed by atoms with Crippen LogP contribution in [0.15, 0.2) is 18.2 Å². The topological polar surface area (TPSA) is 77.1 Å². The Labute approximate surface area is 122 Å². The number of hydrazine groups is 1. The van der Waals surface area contributed by atoms with Crippen LogP contribution in [-0.4, -0.2) is 37.0 Å². The third-order valence-corrected chi connectivity index (χ3v) is 3.04. The summed E-state index contributed by atoms with van der Waals surface area (Å²) in [7, 11) is 2.35. The Hall–Kier alpha value is -2.44.